The Hall–Kier alpha value is -9.39. The molecule has 1 fully saturated rings. The molecule has 5 heteroatoms. The van der Waals surface area contributed by atoms with Gasteiger partial charge in [-0.2, -0.15) is 0 Å². The van der Waals surface area contributed by atoms with Crippen LogP contribution in [-0.2, 0) is 11.2 Å². The minimum absolute atomic E-state index is 0. The summed E-state index contributed by atoms with van der Waals surface area (Å²) in [5.41, 5.74) is 6.76. The summed E-state index contributed by atoms with van der Waals surface area (Å²) < 4.78 is 0. The maximum Gasteiger partial charge on any atom is 0.185 e. The Kier molecular flexibility index (Phi) is 20.5. The molecule has 0 amide bonds. The second-order valence-electron chi connectivity index (χ2n) is 19.7. The van der Waals surface area contributed by atoms with Gasteiger partial charge in [-0.3, -0.25) is 14.4 Å². The van der Waals surface area contributed by atoms with Gasteiger partial charge in [0.15, 0.2) is 11.6 Å². The molecule has 1 aliphatic carbocycles. The third-order valence-corrected chi connectivity index (χ3v) is 14.7. The lowest BCUT2D eigenvalue weighted by atomic mass is 9.71. The normalized spacial score (nSPS) is 17.4. The molecule has 0 bridgehead atoms. The standard InChI is InChI=1S/C30H26O2.C23H22O.C15H12O.C7H6O.H2/c31-29(24-17-9-3-10-18-24)28-26(22-13-5-1-6-14-22)21-27(23-15-7-2-8-16-23)30(28,32)25-19-11-4-12-20-25;1-19(21-13-7-3-8-14-21)23(24,22-15-9-4-10-16-22)18-17-20-11-5-2-6-12-20;16-15(14-9-5-2-6-10-14)12-11-13-7-3-1-4-8-13;8-6-7-4-2-1-3-5-7;/h1-20,26-28,32H,21H2;2-19,24H,1H3;1-12H;1-6H;1H/b;;12-11+;;. The van der Waals surface area contributed by atoms with Crippen LogP contribution in [0.4, 0.5) is 0 Å². The van der Waals surface area contributed by atoms with Crippen molar-refractivity contribution in [3.8, 4) is 0 Å². The number of carbonyl (C=O) groups is 3. The van der Waals surface area contributed by atoms with E-state index in [0.29, 0.717) is 12.0 Å². The van der Waals surface area contributed by atoms with Crippen molar-refractivity contribution in [3.05, 3.63) is 371 Å². The smallest absolute Gasteiger partial charge is 0.185 e. The van der Waals surface area contributed by atoms with Gasteiger partial charge in [-0.1, -0.05) is 322 Å². The molecule has 6 unspecified atom stereocenters. The number of allylic oxidation sites excluding steroid dienone is 1. The van der Waals surface area contributed by atoms with E-state index in [4.69, 9.17) is 0 Å². The van der Waals surface area contributed by atoms with Crippen LogP contribution in [0.25, 0.3) is 12.2 Å². The van der Waals surface area contributed by atoms with Crippen LogP contribution in [0.15, 0.2) is 315 Å². The number of benzene rings is 10. The highest BCUT2D eigenvalue weighted by atomic mass is 16.3. The second-order valence-corrected chi connectivity index (χ2v) is 19.7. The fraction of sp³-hybridized carbons (Fsp3) is 0.107. The van der Waals surface area contributed by atoms with Crippen molar-refractivity contribution in [2.75, 3.05) is 0 Å². The van der Waals surface area contributed by atoms with Gasteiger partial charge in [0.2, 0.25) is 0 Å². The largest absolute Gasteiger partial charge is 0.384 e. The highest BCUT2D eigenvalue weighted by molar-refractivity contribution is 6.06. The number of aliphatic hydroxyl groups is 2. The summed E-state index contributed by atoms with van der Waals surface area (Å²) in [6.45, 7) is 2.07. The van der Waals surface area contributed by atoms with E-state index in [1.165, 1.54) is 0 Å². The summed E-state index contributed by atoms with van der Waals surface area (Å²) in [4.78, 5) is 35.8. The SMILES string of the molecule is CC(c1ccccc1)C(O)(C=Cc1ccccc1)c1ccccc1.O=C(/C=C/c1ccccc1)c1ccccc1.O=C(c1ccccc1)C1C(c2ccccc2)CC(c2ccccc2)C1(O)c1ccccc1.O=Cc1ccccc1.[HH]. The summed E-state index contributed by atoms with van der Waals surface area (Å²) >= 11 is 0. The van der Waals surface area contributed by atoms with E-state index in [0.717, 1.165) is 56.4 Å². The van der Waals surface area contributed by atoms with Crippen LogP contribution in [0.5, 0.6) is 0 Å². The topological polar surface area (TPSA) is 91.7 Å². The molecule has 5 nitrogen and oxygen atoms in total. The van der Waals surface area contributed by atoms with Crippen LogP contribution in [-0.4, -0.2) is 28.1 Å². The van der Waals surface area contributed by atoms with E-state index in [1.54, 1.807) is 18.2 Å². The monoisotopic (exact) mass is 1050 g/mol. The average Bonchev–Trinajstić information content (AvgIpc) is 4.07. The van der Waals surface area contributed by atoms with Gasteiger partial charge in [-0.15, -0.1) is 0 Å². The van der Waals surface area contributed by atoms with E-state index in [-0.39, 0.29) is 30.7 Å². The summed E-state index contributed by atoms with van der Waals surface area (Å²) in [6.07, 6.45) is 8.87. The van der Waals surface area contributed by atoms with Crippen LogP contribution in [0.2, 0.25) is 0 Å². The van der Waals surface area contributed by atoms with Crippen molar-refractivity contribution in [2.45, 2.75) is 42.3 Å². The Morgan fingerprint density at radius 3 is 1.35 bits per heavy atom. The zero-order chi connectivity index (χ0) is 55.8. The van der Waals surface area contributed by atoms with Crippen molar-refractivity contribution >= 4 is 30.0 Å². The van der Waals surface area contributed by atoms with Gasteiger partial charge in [0.1, 0.15) is 17.5 Å². The van der Waals surface area contributed by atoms with E-state index in [2.05, 4.69) is 43.3 Å². The molecule has 80 heavy (non-hydrogen) atoms. The number of Topliss-reactive ketones (excluding diaryl/α,β-unsaturated/α-hetero) is 1. The Labute approximate surface area is 473 Å². The maximum absolute atomic E-state index is 14.0. The molecule has 6 atom stereocenters. The van der Waals surface area contributed by atoms with Crippen LogP contribution >= 0.6 is 0 Å². The van der Waals surface area contributed by atoms with Crippen molar-refractivity contribution in [3.63, 3.8) is 0 Å². The quantitative estimate of drug-likeness (QED) is 0.0643. The first-order chi connectivity index (χ1) is 39.2. The molecule has 0 aliphatic heterocycles. The molecule has 10 aromatic carbocycles. The lowest BCUT2D eigenvalue weighted by Gasteiger charge is -2.36. The highest BCUT2D eigenvalue weighted by Gasteiger charge is 2.58. The van der Waals surface area contributed by atoms with Gasteiger partial charge < -0.3 is 10.2 Å². The molecular weight excluding hydrogens is 981 g/mol. The summed E-state index contributed by atoms with van der Waals surface area (Å²) in [5.74, 6) is -0.942. The molecular formula is C75H68O5. The third-order valence-electron chi connectivity index (χ3n) is 14.7. The molecule has 1 aliphatic rings. The Morgan fingerprint density at radius 2 is 0.875 bits per heavy atom. The lowest BCUT2D eigenvalue weighted by molar-refractivity contribution is -0.0133. The second kappa shape index (κ2) is 28.8. The fourth-order valence-corrected chi connectivity index (χ4v) is 10.4. The fourth-order valence-electron chi connectivity index (χ4n) is 10.4. The van der Waals surface area contributed by atoms with Crippen LogP contribution in [0.1, 0.15) is 103 Å². The first kappa shape index (κ1) is 56.8. The number of hydrogen-bond acceptors (Lipinski definition) is 5. The predicted molar refractivity (Wildman–Crippen MR) is 328 cm³/mol. The van der Waals surface area contributed by atoms with Gasteiger partial charge in [-0.05, 0) is 63.4 Å². The Bertz CT molecular complexity index is 3480. The molecule has 11 rings (SSSR count). The molecule has 10 aromatic rings. The summed E-state index contributed by atoms with van der Waals surface area (Å²) in [6, 6.07) is 97.7. The number of ketones is 2. The number of aldehydes is 1. The molecule has 0 aromatic heterocycles. The molecule has 0 saturated heterocycles. The first-order valence-corrected chi connectivity index (χ1v) is 27.1. The van der Waals surface area contributed by atoms with E-state index < -0.39 is 17.1 Å². The molecule has 0 radical (unpaired) electrons. The highest BCUT2D eigenvalue weighted by Crippen LogP contribution is 2.59. The summed E-state index contributed by atoms with van der Waals surface area (Å²) in [5, 5.41) is 24.2. The zero-order valence-corrected chi connectivity index (χ0v) is 44.9. The van der Waals surface area contributed by atoms with Crippen LogP contribution in [0.3, 0.4) is 0 Å². The van der Waals surface area contributed by atoms with Gasteiger partial charge >= 0.3 is 0 Å². The Balaban J connectivity index is 0.000000170. The van der Waals surface area contributed by atoms with Crippen molar-refractivity contribution in [1.29, 1.82) is 0 Å². The maximum atomic E-state index is 14.0. The zero-order valence-electron chi connectivity index (χ0n) is 44.9. The third kappa shape index (κ3) is 14.8. The predicted octanol–water partition coefficient (Wildman–Crippen LogP) is 17.1. The number of rotatable bonds is 14. The lowest BCUT2D eigenvalue weighted by Crippen LogP contribution is -2.41. The minimum Gasteiger partial charge on any atom is -0.384 e. The molecule has 0 heterocycles. The molecule has 1 saturated carbocycles. The first-order valence-electron chi connectivity index (χ1n) is 27.1. The van der Waals surface area contributed by atoms with Gasteiger partial charge in [-0.25, -0.2) is 0 Å². The summed E-state index contributed by atoms with van der Waals surface area (Å²) in [7, 11) is 0. The number of carbonyl (C=O) groups excluding carboxylic acids is 3. The van der Waals surface area contributed by atoms with E-state index >= 15 is 0 Å². The minimum atomic E-state index is -1.32. The Morgan fingerprint density at radius 1 is 0.487 bits per heavy atom. The van der Waals surface area contributed by atoms with Gasteiger partial charge in [0, 0.05) is 30.0 Å². The van der Waals surface area contributed by atoms with Crippen molar-refractivity contribution < 1.29 is 26.0 Å². The molecule has 2 N–H and O–H groups in total. The average molecular weight is 1050 g/mol. The van der Waals surface area contributed by atoms with Crippen LogP contribution in [0, 0.1) is 5.92 Å². The molecule has 0 spiro atoms. The van der Waals surface area contributed by atoms with Gasteiger partial charge in [0.25, 0.3) is 0 Å². The van der Waals surface area contributed by atoms with Crippen molar-refractivity contribution in [1.82, 2.24) is 0 Å². The van der Waals surface area contributed by atoms with E-state index in [1.807, 2.05) is 273 Å². The molecule has 398 valence electrons. The van der Waals surface area contributed by atoms with Gasteiger partial charge in [0.05, 0.1) is 5.92 Å². The van der Waals surface area contributed by atoms with E-state index in [9.17, 15) is 24.6 Å². The van der Waals surface area contributed by atoms with Crippen molar-refractivity contribution in [2.24, 2.45) is 5.92 Å². The van der Waals surface area contributed by atoms with Crippen LogP contribution < -0.4 is 0 Å². The number of hydrogen-bond donors (Lipinski definition) is 2.